The lowest BCUT2D eigenvalue weighted by atomic mass is 9.93. The van der Waals surface area contributed by atoms with Crippen LogP contribution in [0.3, 0.4) is 0 Å². The number of morpholine rings is 1. The molecule has 3 aliphatic heterocycles. The van der Waals surface area contributed by atoms with Gasteiger partial charge in [-0.15, -0.1) is 0 Å². The van der Waals surface area contributed by atoms with Crippen LogP contribution in [-0.4, -0.2) is 70.2 Å². The number of hydrogen-bond acceptors (Lipinski definition) is 5. The molecule has 7 heteroatoms. The molecule has 4 heterocycles. The predicted octanol–water partition coefficient (Wildman–Crippen LogP) is 1.78. The first-order valence-electron chi connectivity index (χ1n) is 11.3. The highest BCUT2D eigenvalue weighted by Gasteiger charge is 2.29. The molecular weight excluding hydrogens is 368 g/mol. The van der Waals surface area contributed by atoms with Gasteiger partial charge < -0.3 is 9.64 Å². The third kappa shape index (κ3) is 4.89. The van der Waals surface area contributed by atoms with Gasteiger partial charge in [-0.2, -0.15) is 0 Å². The maximum atomic E-state index is 12.8. The van der Waals surface area contributed by atoms with Gasteiger partial charge in [0.25, 0.3) is 5.56 Å². The van der Waals surface area contributed by atoms with Crippen molar-refractivity contribution < 1.29 is 9.53 Å². The van der Waals surface area contributed by atoms with Crippen LogP contribution < -0.4 is 5.56 Å². The van der Waals surface area contributed by atoms with Crippen LogP contribution in [0.4, 0.5) is 0 Å². The first-order valence-corrected chi connectivity index (χ1v) is 11.3. The molecule has 0 spiro atoms. The topological polar surface area (TPSA) is 67.7 Å². The van der Waals surface area contributed by atoms with E-state index in [0.29, 0.717) is 6.54 Å². The normalized spacial score (nSPS) is 26.8. The molecular formula is C22H34N4O3. The number of carbonyl (C=O) groups is 1. The molecule has 2 saturated heterocycles. The van der Waals surface area contributed by atoms with Gasteiger partial charge in [0.15, 0.2) is 0 Å². The molecule has 7 nitrogen and oxygen atoms in total. The second-order valence-electron chi connectivity index (χ2n) is 9.00. The van der Waals surface area contributed by atoms with Gasteiger partial charge in [0, 0.05) is 51.1 Å². The summed E-state index contributed by atoms with van der Waals surface area (Å²) >= 11 is 0. The molecule has 4 rings (SSSR count). The van der Waals surface area contributed by atoms with Gasteiger partial charge in [0.05, 0.1) is 24.4 Å². The molecule has 3 aliphatic rings. The zero-order valence-corrected chi connectivity index (χ0v) is 17.8. The summed E-state index contributed by atoms with van der Waals surface area (Å²) in [6.45, 7) is 8.53. The van der Waals surface area contributed by atoms with E-state index < -0.39 is 0 Å². The first kappa shape index (κ1) is 20.5. The minimum Gasteiger partial charge on any atom is -0.373 e. The van der Waals surface area contributed by atoms with Gasteiger partial charge in [-0.05, 0) is 39.5 Å². The van der Waals surface area contributed by atoms with Crippen LogP contribution in [0.15, 0.2) is 10.9 Å². The molecule has 0 saturated carbocycles. The fourth-order valence-corrected chi connectivity index (χ4v) is 5.07. The molecule has 1 amide bonds. The first-order chi connectivity index (χ1) is 14.0. The van der Waals surface area contributed by atoms with Crippen molar-refractivity contribution in [3.8, 4) is 0 Å². The second-order valence-corrected chi connectivity index (χ2v) is 9.00. The van der Waals surface area contributed by atoms with Crippen molar-refractivity contribution in [3.05, 3.63) is 27.9 Å². The Morgan fingerprint density at radius 2 is 1.83 bits per heavy atom. The molecule has 0 aromatic carbocycles. The Bertz CT molecular complexity index is 775. The summed E-state index contributed by atoms with van der Waals surface area (Å²) < 4.78 is 7.62. The molecule has 2 atom stereocenters. The predicted molar refractivity (Wildman–Crippen MR) is 111 cm³/mol. The highest BCUT2D eigenvalue weighted by atomic mass is 16.5. The number of carbonyl (C=O) groups excluding carboxylic acids is 1. The van der Waals surface area contributed by atoms with Crippen molar-refractivity contribution in [2.24, 2.45) is 0 Å². The Morgan fingerprint density at radius 3 is 2.55 bits per heavy atom. The van der Waals surface area contributed by atoms with E-state index in [2.05, 4.69) is 18.7 Å². The van der Waals surface area contributed by atoms with Crippen LogP contribution in [-0.2, 0) is 22.5 Å². The summed E-state index contributed by atoms with van der Waals surface area (Å²) in [5, 5.41) is 0. The van der Waals surface area contributed by atoms with Crippen molar-refractivity contribution in [1.82, 2.24) is 19.4 Å². The maximum absolute atomic E-state index is 12.8. The van der Waals surface area contributed by atoms with Crippen LogP contribution >= 0.6 is 0 Å². The summed E-state index contributed by atoms with van der Waals surface area (Å²) in [6, 6.07) is 1.74. The third-order valence-corrected chi connectivity index (χ3v) is 6.51. The molecule has 0 radical (unpaired) electrons. The number of likely N-dealkylation sites (tertiary alicyclic amines) is 1. The number of aromatic nitrogens is 2. The zero-order valence-electron chi connectivity index (χ0n) is 17.8. The Morgan fingerprint density at radius 1 is 1.10 bits per heavy atom. The van der Waals surface area contributed by atoms with Crippen LogP contribution in [0.1, 0.15) is 63.4 Å². The van der Waals surface area contributed by atoms with Crippen molar-refractivity contribution >= 4 is 5.91 Å². The van der Waals surface area contributed by atoms with E-state index in [9.17, 15) is 9.59 Å². The van der Waals surface area contributed by atoms with Gasteiger partial charge in [-0.25, -0.2) is 4.98 Å². The highest BCUT2D eigenvalue weighted by Crippen LogP contribution is 2.27. The fraction of sp³-hybridized carbons (Fsp3) is 0.773. The molecule has 160 valence electrons. The summed E-state index contributed by atoms with van der Waals surface area (Å²) in [6.07, 6.45) is 6.37. The summed E-state index contributed by atoms with van der Waals surface area (Å²) in [5.74, 6) is 1.45. The van der Waals surface area contributed by atoms with E-state index in [1.807, 2.05) is 9.47 Å². The van der Waals surface area contributed by atoms with Gasteiger partial charge >= 0.3 is 0 Å². The zero-order chi connectivity index (χ0) is 20.4. The fourth-order valence-electron chi connectivity index (χ4n) is 5.07. The van der Waals surface area contributed by atoms with Gasteiger partial charge in [0.2, 0.25) is 5.91 Å². The Labute approximate surface area is 173 Å². The lowest BCUT2D eigenvalue weighted by Crippen LogP contribution is -2.50. The van der Waals surface area contributed by atoms with Crippen molar-refractivity contribution in [1.29, 1.82) is 0 Å². The summed E-state index contributed by atoms with van der Waals surface area (Å²) in [5.41, 5.74) is 1.03. The number of hydrogen-bond donors (Lipinski definition) is 0. The Balaban J connectivity index is 1.35. The van der Waals surface area contributed by atoms with Crippen molar-refractivity contribution in [3.63, 3.8) is 0 Å². The number of piperidine rings is 1. The van der Waals surface area contributed by atoms with E-state index in [1.54, 1.807) is 6.07 Å². The number of rotatable bonds is 3. The second kappa shape index (κ2) is 8.96. The molecule has 0 N–H and O–H groups in total. The lowest BCUT2D eigenvalue weighted by molar-refractivity contribution is -0.136. The lowest BCUT2D eigenvalue weighted by Gasteiger charge is -2.37. The third-order valence-electron chi connectivity index (χ3n) is 6.51. The van der Waals surface area contributed by atoms with Crippen LogP contribution in [0.2, 0.25) is 0 Å². The van der Waals surface area contributed by atoms with Crippen LogP contribution in [0.25, 0.3) is 0 Å². The number of fused-ring (bicyclic) bond motifs is 1. The van der Waals surface area contributed by atoms with E-state index in [0.717, 1.165) is 76.3 Å². The minimum atomic E-state index is 0.0981. The minimum absolute atomic E-state index is 0.0981. The molecule has 1 aromatic heterocycles. The van der Waals surface area contributed by atoms with Gasteiger partial charge in [-0.1, -0.05) is 6.42 Å². The monoisotopic (exact) mass is 402 g/mol. The van der Waals surface area contributed by atoms with Gasteiger partial charge in [-0.3, -0.25) is 19.1 Å². The van der Waals surface area contributed by atoms with Crippen LogP contribution in [0, 0.1) is 0 Å². The van der Waals surface area contributed by atoms with E-state index in [-0.39, 0.29) is 29.6 Å². The Kier molecular flexibility index (Phi) is 6.35. The van der Waals surface area contributed by atoms with E-state index in [1.165, 1.54) is 6.42 Å². The summed E-state index contributed by atoms with van der Waals surface area (Å²) in [7, 11) is 0. The molecule has 0 aliphatic carbocycles. The number of amides is 1. The smallest absolute Gasteiger partial charge is 0.253 e. The maximum Gasteiger partial charge on any atom is 0.253 e. The standard InChI is InChI=1S/C22H34N4O3/c1-16-13-24(14-17(2)29-16)15-22(28)25-10-7-18(8-11-25)19-12-21(27)26-9-5-3-4-6-20(26)23-19/h12,16-18H,3-11,13-15H2,1-2H3. The highest BCUT2D eigenvalue weighted by molar-refractivity contribution is 5.78. The SMILES string of the molecule is CC1CN(CC(=O)N2CCC(c3cc(=O)n4c(n3)CCCCC4)CC2)CC(C)O1. The number of ether oxygens (including phenoxy) is 1. The molecule has 2 unspecified atom stereocenters. The van der Waals surface area contributed by atoms with Crippen molar-refractivity contribution in [2.45, 2.75) is 77.0 Å². The molecule has 2 fully saturated rings. The molecule has 1 aromatic rings. The number of nitrogens with zero attached hydrogens (tertiary/aromatic N) is 4. The van der Waals surface area contributed by atoms with E-state index >= 15 is 0 Å². The van der Waals surface area contributed by atoms with Gasteiger partial charge in [0.1, 0.15) is 5.82 Å². The average molecular weight is 403 g/mol. The average Bonchev–Trinajstić information content (AvgIpc) is 2.93. The largest absolute Gasteiger partial charge is 0.373 e. The Hall–Kier alpha value is -1.73. The van der Waals surface area contributed by atoms with E-state index in [4.69, 9.17) is 9.72 Å². The number of aryl methyl sites for hydroxylation is 1. The molecule has 0 bridgehead atoms. The van der Waals surface area contributed by atoms with Crippen LogP contribution in [0.5, 0.6) is 0 Å². The summed E-state index contributed by atoms with van der Waals surface area (Å²) in [4.78, 5) is 34.4. The quantitative estimate of drug-likeness (QED) is 0.771. The van der Waals surface area contributed by atoms with Crippen molar-refractivity contribution in [2.75, 3.05) is 32.7 Å². The molecule has 29 heavy (non-hydrogen) atoms.